The molecule has 2 aromatic rings. The Bertz CT molecular complexity index is 472. The maximum absolute atomic E-state index is 5.36. The fourth-order valence-electron chi connectivity index (χ4n) is 1.29. The second-order valence-corrected chi connectivity index (χ2v) is 4.41. The summed E-state index contributed by atoms with van der Waals surface area (Å²) >= 11 is 1.63. The molecule has 0 unspecified atom stereocenters. The van der Waals surface area contributed by atoms with Crippen LogP contribution in [-0.2, 0) is 19.5 Å². The maximum Gasteiger partial charge on any atom is 0.315 e. The van der Waals surface area contributed by atoms with Crippen molar-refractivity contribution in [1.29, 1.82) is 0 Å². The molecule has 18 heavy (non-hydrogen) atoms. The molecule has 0 radical (unpaired) electrons. The third kappa shape index (κ3) is 3.94. The van der Waals surface area contributed by atoms with E-state index in [4.69, 9.17) is 4.42 Å². The first-order valence-corrected chi connectivity index (χ1v) is 6.34. The van der Waals surface area contributed by atoms with Gasteiger partial charge in [-0.15, -0.1) is 28.8 Å². The van der Waals surface area contributed by atoms with Crippen LogP contribution in [0.25, 0.3) is 0 Å². The van der Waals surface area contributed by atoms with Gasteiger partial charge in [-0.05, 0) is 13.5 Å². The number of aromatic nitrogens is 3. The quantitative estimate of drug-likeness (QED) is 0.845. The first-order chi connectivity index (χ1) is 8.31. The summed E-state index contributed by atoms with van der Waals surface area (Å²) in [6.07, 6.45) is 0.962. The molecule has 0 amide bonds. The second-order valence-electron chi connectivity index (χ2n) is 3.47. The van der Waals surface area contributed by atoms with E-state index in [9.17, 15) is 0 Å². The largest absolute Gasteiger partial charge is 0.407 e. The highest BCUT2D eigenvalue weighted by atomic mass is 35.5. The number of nitrogens with zero attached hydrogens (tertiary/aromatic N) is 3. The number of hydrogen-bond acceptors (Lipinski definition) is 7. The van der Waals surface area contributed by atoms with Crippen molar-refractivity contribution in [3.8, 4) is 0 Å². The molecule has 2 aromatic heterocycles. The number of nitrogens with one attached hydrogen (secondary N) is 2. The van der Waals surface area contributed by atoms with E-state index in [1.807, 2.05) is 7.05 Å². The highest BCUT2D eigenvalue weighted by Crippen LogP contribution is 2.12. The third-order valence-electron chi connectivity index (χ3n) is 2.15. The number of aryl methyl sites for hydroxylation is 1. The summed E-state index contributed by atoms with van der Waals surface area (Å²) < 4.78 is 5.36. The van der Waals surface area contributed by atoms with Crippen molar-refractivity contribution < 1.29 is 4.42 Å². The Morgan fingerprint density at radius 1 is 1.33 bits per heavy atom. The minimum Gasteiger partial charge on any atom is -0.407 e. The normalized spacial score (nSPS) is 10.1. The van der Waals surface area contributed by atoms with Crippen molar-refractivity contribution >= 4 is 29.8 Å². The van der Waals surface area contributed by atoms with E-state index in [-0.39, 0.29) is 12.4 Å². The lowest BCUT2D eigenvalue weighted by Gasteiger charge is -1.96. The van der Waals surface area contributed by atoms with Crippen molar-refractivity contribution in [3.63, 3.8) is 0 Å². The van der Waals surface area contributed by atoms with Gasteiger partial charge in [0, 0.05) is 5.38 Å². The van der Waals surface area contributed by atoms with Crippen LogP contribution in [0.15, 0.2) is 9.80 Å². The van der Waals surface area contributed by atoms with Gasteiger partial charge in [0.05, 0.1) is 18.8 Å². The average molecular weight is 290 g/mol. The summed E-state index contributed by atoms with van der Waals surface area (Å²) in [6, 6.07) is 0.434. The lowest BCUT2D eigenvalue weighted by molar-refractivity contribution is 0.489. The van der Waals surface area contributed by atoms with Gasteiger partial charge >= 0.3 is 6.01 Å². The molecule has 0 spiro atoms. The predicted molar refractivity (Wildman–Crippen MR) is 73.1 cm³/mol. The van der Waals surface area contributed by atoms with Crippen LogP contribution in [0.1, 0.15) is 23.5 Å². The van der Waals surface area contributed by atoms with E-state index < -0.39 is 0 Å². The second kappa shape index (κ2) is 7.30. The average Bonchev–Trinajstić information content (AvgIpc) is 2.95. The SMILES string of the molecule is CCc1csc(CNc2nnc(CNC)o2)n1.Cl. The number of hydrogen-bond donors (Lipinski definition) is 2. The molecule has 6 nitrogen and oxygen atoms in total. The van der Waals surface area contributed by atoms with E-state index >= 15 is 0 Å². The van der Waals surface area contributed by atoms with Crippen LogP contribution in [0, 0.1) is 0 Å². The number of anilines is 1. The molecule has 2 rings (SSSR count). The van der Waals surface area contributed by atoms with E-state index in [1.54, 1.807) is 11.3 Å². The number of rotatable bonds is 6. The monoisotopic (exact) mass is 289 g/mol. The van der Waals surface area contributed by atoms with Crippen LogP contribution in [0.3, 0.4) is 0 Å². The van der Waals surface area contributed by atoms with Crippen molar-refractivity contribution in [2.75, 3.05) is 12.4 Å². The summed E-state index contributed by atoms with van der Waals surface area (Å²) in [6.45, 7) is 3.28. The highest BCUT2D eigenvalue weighted by molar-refractivity contribution is 7.09. The van der Waals surface area contributed by atoms with Crippen LogP contribution in [0.5, 0.6) is 0 Å². The smallest absolute Gasteiger partial charge is 0.315 e. The van der Waals surface area contributed by atoms with E-state index in [0.29, 0.717) is 25.0 Å². The van der Waals surface area contributed by atoms with Gasteiger partial charge in [-0.1, -0.05) is 12.0 Å². The van der Waals surface area contributed by atoms with E-state index in [1.165, 1.54) is 0 Å². The summed E-state index contributed by atoms with van der Waals surface area (Å²) in [4.78, 5) is 4.44. The van der Waals surface area contributed by atoms with Gasteiger partial charge in [-0.25, -0.2) is 4.98 Å². The van der Waals surface area contributed by atoms with Crippen molar-refractivity contribution in [1.82, 2.24) is 20.5 Å². The highest BCUT2D eigenvalue weighted by Gasteiger charge is 2.06. The topological polar surface area (TPSA) is 75.9 Å². The molecule has 8 heteroatoms. The predicted octanol–water partition coefficient (Wildman–Crippen LogP) is 1.84. The summed E-state index contributed by atoms with van der Waals surface area (Å²) in [5.41, 5.74) is 1.12. The fourth-order valence-corrected chi connectivity index (χ4v) is 2.11. The van der Waals surface area contributed by atoms with Crippen molar-refractivity contribution in [3.05, 3.63) is 22.0 Å². The summed E-state index contributed by atoms with van der Waals surface area (Å²) in [7, 11) is 1.83. The van der Waals surface area contributed by atoms with Gasteiger partial charge in [-0.2, -0.15) is 0 Å². The van der Waals surface area contributed by atoms with Gasteiger partial charge in [-0.3, -0.25) is 0 Å². The Morgan fingerprint density at radius 3 is 2.83 bits per heavy atom. The minimum atomic E-state index is 0. The van der Waals surface area contributed by atoms with Crippen LogP contribution in [0.2, 0.25) is 0 Å². The zero-order valence-electron chi connectivity index (χ0n) is 10.3. The molecule has 0 aliphatic heterocycles. The van der Waals surface area contributed by atoms with Crippen LogP contribution < -0.4 is 10.6 Å². The van der Waals surface area contributed by atoms with Gasteiger partial charge in [0.25, 0.3) is 0 Å². The van der Waals surface area contributed by atoms with Gasteiger partial charge < -0.3 is 15.1 Å². The van der Waals surface area contributed by atoms with Gasteiger partial charge in [0.2, 0.25) is 5.89 Å². The molecular weight excluding hydrogens is 274 g/mol. The molecule has 0 saturated heterocycles. The van der Waals surface area contributed by atoms with Crippen LogP contribution >= 0.6 is 23.7 Å². The molecule has 0 bridgehead atoms. The minimum absolute atomic E-state index is 0. The zero-order chi connectivity index (χ0) is 12.1. The van der Waals surface area contributed by atoms with Crippen LogP contribution in [0.4, 0.5) is 6.01 Å². The molecule has 2 heterocycles. The Labute approximate surface area is 116 Å². The Hall–Kier alpha value is -1.18. The first-order valence-electron chi connectivity index (χ1n) is 5.46. The summed E-state index contributed by atoms with van der Waals surface area (Å²) in [5, 5.41) is 16.9. The molecule has 0 aliphatic carbocycles. The van der Waals surface area contributed by atoms with Crippen LogP contribution in [-0.4, -0.2) is 22.2 Å². The number of halogens is 1. The fraction of sp³-hybridized carbons (Fsp3) is 0.500. The molecular formula is C10H16ClN5OS. The maximum atomic E-state index is 5.36. The Morgan fingerprint density at radius 2 is 2.17 bits per heavy atom. The molecule has 2 N–H and O–H groups in total. The molecule has 0 fully saturated rings. The van der Waals surface area contributed by atoms with Gasteiger partial charge in [0.15, 0.2) is 0 Å². The Kier molecular flexibility index (Phi) is 6.03. The van der Waals surface area contributed by atoms with Crippen molar-refractivity contribution in [2.24, 2.45) is 0 Å². The lowest BCUT2D eigenvalue weighted by Crippen LogP contribution is -2.04. The first kappa shape index (κ1) is 14.9. The summed E-state index contributed by atoms with van der Waals surface area (Å²) in [5.74, 6) is 0.573. The standard InChI is InChI=1S/C10H15N5OS.ClH/c1-3-7-6-17-9(13-7)5-12-10-15-14-8(16-10)4-11-2;/h6,11H,3-5H2,1-2H3,(H,12,15);1H. The van der Waals surface area contributed by atoms with E-state index in [2.05, 4.69) is 38.1 Å². The third-order valence-corrected chi connectivity index (χ3v) is 3.04. The zero-order valence-corrected chi connectivity index (χ0v) is 11.9. The molecule has 0 aromatic carbocycles. The van der Waals surface area contributed by atoms with E-state index in [0.717, 1.165) is 17.1 Å². The lowest BCUT2D eigenvalue weighted by atomic mass is 10.4. The van der Waals surface area contributed by atoms with Gasteiger partial charge in [0.1, 0.15) is 5.01 Å². The molecule has 0 aliphatic rings. The molecule has 0 saturated carbocycles. The van der Waals surface area contributed by atoms with Crippen molar-refractivity contribution in [2.45, 2.75) is 26.4 Å². The molecule has 100 valence electrons. The molecule has 0 atom stereocenters. The number of thiazole rings is 1. The Balaban J connectivity index is 0.00000162.